The van der Waals surface area contributed by atoms with Crippen molar-refractivity contribution in [1.29, 1.82) is 0 Å². The van der Waals surface area contributed by atoms with Gasteiger partial charge in [-0.25, -0.2) is 14.6 Å². The number of aromatic nitrogens is 2. The molecule has 27 heavy (non-hydrogen) atoms. The predicted molar refractivity (Wildman–Crippen MR) is 103 cm³/mol. The zero-order chi connectivity index (χ0) is 19.4. The van der Waals surface area contributed by atoms with E-state index in [4.69, 9.17) is 4.74 Å². The molecule has 1 fully saturated rings. The number of nitrogens with one attached hydrogen (secondary N) is 2. The number of benzene rings is 1. The molecule has 0 spiro atoms. The summed E-state index contributed by atoms with van der Waals surface area (Å²) >= 11 is 0. The number of amides is 2. The highest BCUT2D eigenvalue weighted by Crippen LogP contribution is 2.27. The van der Waals surface area contributed by atoms with Gasteiger partial charge in [-0.1, -0.05) is 32.4 Å². The van der Waals surface area contributed by atoms with Gasteiger partial charge in [-0.15, -0.1) is 0 Å². The molecule has 0 bridgehead atoms. The van der Waals surface area contributed by atoms with Crippen LogP contribution in [-0.2, 0) is 9.53 Å². The SMILES string of the molecule is CC[C@H](C)[C@H](NC(=O)N1CCC(c2nc3ccccc3[nH]2)CC1)C(=O)OC. The molecular formula is C20H28N4O3. The van der Waals surface area contributed by atoms with E-state index in [0.717, 1.165) is 36.1 Å². The van der Waals surface area contributed by atoms with Crippen molar-refractivity contribution in [1.82, 2.24) is 20.2 Å². The topological polar surface area (TPSA) is 87.3 Å². The second kappa shape index (κ2) is 8.41. The van der Waals surface area contributed by atoms with E-state index in [2.05, 4.69) is 15.3 Å². The fourth-order valence-corrected chi connectivity index (χ4v) is 3.54. The lowest BCUT2D eigenvalue weighted by Gasteiger charge is -2.33. The Bertz CT molecular complexity index is 762. The molecule has 1 aromatic carbocycles. The quantitative estimate of drug-likeness (QED) is 0.790. The number of imidazole rings is 1. The number of methoxy groups -OCH3 is 1. The number of likely N-dealkylation sites (tertiary alicyclic amines) is 1. The van der Waals surface area contributed by atoms with E-state index in [1.807, 2.05) is 38.1 Å². The number of aromatic amines is 1. The first-order valence-corrected chi connectivity index (χ1v) is 9.61. The summed E-state index contributed by atoms with van der Waals surface area (Å²) in [5.74, 6) is 0.931. The van der Waals surface area contributed by atoms with Crippen LogP contribution in [0.5, 0.6) is 0 Å². The molecule has 2 amide bonds. The van der Waals surface area contributed by atoms with Crippen LogP contribution in [0, 0.1) is 5.92 Å². The van der Waals surface area contributed by atoms with Crippen LogP contribution >= 0.6 is 0 Å². The van der Waals surface area contributed by atoms with Crippen molar-refractivity contribution in [3.63, 3.8) is 0 Å². The number of rotatable bonds is 5. The largest absolute Gasteiger partial charge is 0.467 e. The molecule has 7 nitrogen and oxygen atoms in total. The first kappa shape index (κ1) is 19.2. The molecule has 146 valence electrons. The van der Waals surface area contributed by atoms with Crippen molar-refractivity contribution >= 4 is 23.0 Å². The molecule has 7 heteroatoms. The van der Waals surface area contributed by atoms with E-state index < -0.39 is 12.0 Å². The van der Waals surface area contributed by atoms with Gasteiger partial charge in [0.1, 0.15) is 11.9 Å². The molecule has 0 radical (unpaired) electrons. The molecule has 1 aliphatic rings. The van der Waals surface area contributed by atoms with Crippen LogP contribution in [0.25, 0.3) is 11.0 Å². The summed E-state index contributed by atoms with van der Waals surface area (Å²) in [5.41, 5.74) is 2.02. The summed E-state index contributed by atoms with van der Waals surface area (Å²) in [6.45, 7) is 5.21. The van der Waals surface area contributed by atoms with Gasteiger partial charge in [0, 0.05) is 19.0 Å². The van der Waals surface area contributed by atoms with E-state index in [-0.39, 0.29) is 11.9 Å². The number of nitrogens with zero attached hydrogens (tertiary/aromatic N) is 2. The Labute approximate surface area is 159 Å². The second-order valence-corrected chi connectivity index (χ2v) is 7.24. The first-order valence-electron chi connectivity index (χ1n) is 9.61. The number of esters is 1. The van der Waals surface area contributed by atoms with Crippen LogP contribution in [0.4, 0.5) is 4.79 Å². The summed E-state index contributed by atoms with van der Waals surface area (Å²) < 4.78 is 4.84. The number of fused-ring (bicyclic) bond motifs is 1. The third-order valence-electron chi connectivity index (χ3n) is 5.52. The fraction of sp³-hybridized carbons (Fsp3) is 0.550. The van der Waals surface area contributed by atoms with Crippen molar-refractivity contribution in [2.24, 2.45) is 5.92 Å². The lowest BCUT2D eigenvalue weighted by Crippen LogP contribution is -2.52. The number of H-pyrrole nitrogens is 1. The summed E-state index contributed by atoms with van der Waals surface area (Å²) in [7, 11) is 1.35. The zero-order valence-corrected chi connectivity index (χ0v) is 16.2. The molecule has 0 unspecified atom stereocenters. The second-order valence-electron chi connectivity index (χ2n) is 7.24. The van der Waals surface area contributed by atoms with Crippen molar-refractivity contribution in [2.75, 3.05) is 20.2 Å². The van der Waals surface area contributed by atoms with Crippen molar-refractivity contribution in [3.05, 3.63) is 30.1 Å². The number of carbonyl (C=O) groups excluding carboxylic acids is 2. The minimum Gasteiger partial charge on any atom is -0.467 e. The molecule has 2 N–H and O–H groups in total. The Morgan fingerprint density at radius 2 is 2.04 bits per heavy atom. The molecular weight excluding hydrogens is 344 g/mol. The maximum atomic E-state index is 12.6. The van der Waals surface area contributed by atoms with Gasteiger partial charge in [-0.3, -0.25) is 0 Å². The average molecular weight is 372 g/mol. The molecule has 0 aliphatic carbocycles. The monoisotopic (exact) mass is 372 g/mol. The Balaban J connectivity index is 1.59. The Hall–Kier alpha value is -2.57. The average Bonchev–Trinajstić information content (AvgIpc) is 3.15. The van der Waals surface area contributed by atoms with E-state index >= 15 is 0 Å². The molecule has 1 aliphatic heterocycles. The zero-order valence-electron chi connectivity index (χ0n) is 16.2. The summed E-state index contributed by atoms with van der Waals surface area (Å²) in [5, 5.41) is 2.85. The molecule has 2 atom stereocenters. The molecule has 3 rings (SSSR count). The summed E-state index contributed by atoms with van der Waals surface area (Å²) in [6.07, 6.45) is 2.48. The minimum absolute atomic E-state index is 0.0227. The minimum atomic E-state index is -0.611. The van der Waals surface area contributed by atoms with E-state index in [1.54, 1.807) is 4.90 Å². The first-order chi connectivity index (χ1) is 13.0. The normalized spacial score (nSPS) is 17.5. The number of urea groups is 1. The van der Waals surface area contributed by atoms with Crippen molar-refractivity contribution in [3.8, 4) is 0 Å². The van der Waals surface area contributed by atoms with E-state index in [1.165, 1.54) is 7.11 Å². The maximum absolute atomic E-state index is 12.6. The lowest BCUT2D eigenvalue weighted by molar-refractivity contribution is -0.144. The third kappa shape index (κ3) is 4.23. The van der Waals surface area contributed by atoms with Crippen LogP contribution in [0.1, 0.15) is 44.9 Å². The molecule has 2 heterocycles. The smallest absolute Gasteiger partial charge is 0.328 e. The number of para-hydroxylation sites is 2. The number of piperidine rings is 1. The highest BCUT2D eigenvalue weighted by molar-refractivity contribution is 5.84. The van der Waals surface area contributed by atoms with Crippen LogP contribution < -0.4 is 5.32 Å². The molecule has 2 aromatic rings. The lowest BCUT2D eigenvalue weighted by atomic mass is 9.96. The maximum Gasteiger partial charge on any atom is 0.328 e. The number of carbonyl (C=O) groups is 2. The molecule has 0 saturated carbocycles. The third-order valence-corrected chi connectivity index (χ3v) is 5.52. The van der Waals surface area contributed by atoms with E-state index in [9.17, 15) is 9.59 Å². The van der Waals surface area contributed by atoms with Gasteiger partial charge in [-0.05, 0) is 30.9 Å². The van der Waals surface area contributed by atoms with Crippen LogP contribution in [0.15, 0.2) is 24.3 Å². The van der Waals surface area contributed by atoms with Gasteiger partial charge >= 0.3 is 12.0 Å². The van der Waals surface area contributed by atoms with Gasteiger partial charge in [-0.2, -0.15) is 0 Å². The number of hydrogen-bond donors (Lipinski definition) is 2. The predicted octanol–water partition coefficient (Wildman–Crippen LogP) is 3.04. The van der Waals surface area contributed by atoms with Crippen LogP contribution in [0.2, 0.25) is 0 Å². The van der Waals surface area contributed by atoms with Gasteiger partial charge in [0.25, 0.3) is 0 Å². The van der Waals surface area contributed by atoms with Gasteiger partial charge in [0.15, 0.2) is 0 Å². The van der Waals surface area contributed by atoms with E-state index in [0.29, 0.717) is 19.0 Å². The molecule has 1 saturated heterocycles. The fourth-order valence-electron chi connectivity index (χ4n) is 3.54. The van der Waals surface area contributed by atoms with Crippen LogP contribution in [-0.4, -0.2) is 53.1 Å². The number of hydrogen-bond acceptors (Lipinski definition) is 4. The van der Waals surface area contributed by atoms with Crippen LogP contribution in [0.3, 0.4) is 0 Å². The Kier molecular flexibility index (Phi) is 5.98. The van der Waals surface area contributed by atoms with Gasteiger partial charge < -0.3 is 19.9 Å². The summed E-state index contributed by atoms with van der Waals surface area (Å²) in [6, 6.07) is 7.19. The Morgan fingerprint density at radius 3 is 2.67 bits per heavy atom. The van der Waals surface area contributed by atoms with Gasteiger partial charge in [0.2, 0.25) is 0 Å². The van der Waals surface area contributed by atoms with Gasteiger partial charge in [0.05, 0.1) is 18.1 Å². The highest BCUT2D eigenvalue weighted by atomic mass is 16.5. The van der Waals surface area contributed by atoms with Crippen molar-refractivity contribution < 1.29 is 14.3 Å². The highest BCUT2D eigenvalue weighted by Gasteiger charge is 2.31. The standard InChI is InChI=1S/C20H28N4O3/c1-4-13(2)17(19(25)27-3)23-20(26)24-11-9-14(10-12-24)18-21-15-7-5-6-8-16(15)22-18/h5-8,13-14,17H,4,9-12H2,1-3H3,(H,21,22)(H,23,26)/t13-,17-/m0/s1. The Morgan fingerprint density at radius 1 is 1.33 bits per heavy atom. The number of ether oxygens (including phenoxy) is 1. The summed E-state index contributed by atoms with van der Waals surface area (Å²) in [4.78, 5) is 34.5. The van der Waals surface area contributed by atoms with Crippen molar-refractivity contribution in [2.45, 2.75) is 45.1 Å². The molecule has 1 aromatic heterocycles.